The first-order valence-corrected chi connectivity index (χ1v) is 7.39. The van der Waals surface area contributed by atoms with E-state index in [0.717, 1.165) is 11.8 Å². The fraction of sp³-hybridized carbons (Fsp3) is 0.125. The number of oxime groups is 1. The highest BCUT2D eigenvalue weighted by Gasteiger charge is 2.07. The molecule has 7 heteroatoms. The fourth-order valence-electron chi connectivity index (χ4n) is 1.75. The van der Waals surface area contributed by atoms with E-state index in [1.54, 1.807) is 24.3 Å². The van der Waals surface area contributed by atoms with E-state index in [-0.39, 0.29) is 6.61 Å². The lowest BCUT2D eigenvalue weighted by Crippen LogP contribution is -2.13. The zero-order chi connectivity index (χ0) is 16.7. The second-order valence-electron chi connectivity index (χ2n) is 4.43. The normalized spacial score (nSPS) is 10.6. The van der Waals surface area contributed by atoms with Gasteiger partial charge in [0.25, 0.3) is 5.91 Å². The van der Waals surface area contributed by atoms with Crippen LogP contribution in [-0.4, -0.2) is 19.2 Å². The zero-order valence-corrected chi connectivity index (χ0v) is 13.8. The molecule has 2 aromatic carbocycles. The summed E-state index contributed by atoms with van der Waals surface area (Å²) in [4.78, 5) is 16.9. The molecule has 120 valence electrons. The smallest absolute Gasteiger partial charge is 0.270 e. The summed E-state index contributed by atoms with van der Waals surface area (Å²) in [5.74, 6) is 0.0258. The maximum Gasteiger partial charge on any atom is 0.270 e. The van der Waals surface area contributed by atoms with E-state index in [1.165, 1.54) is 7.11 Å². The van der Waals surface area contributed by atoms with E-state index in [2.05, 4.69) is 10.5 Å². The van der Waals surface area contributed by atoms with E-state index >= 15 is 0 Å². The van der Waals surface area contributed by atoms with Crippen LogP contribution in [0.5, 0.6) is 5.75 Å². The maximum absolute atomic E-state index is 11.8. The molecule has 0 saturated carbocycles. The van der Waals surface area contributed by atoms with Gasteiger partial charge in [0, 0.05) is 15.6 Å². The number of ether oxygens (including phenoxy) is 1. The lowest BCUT2D eigenvalue weighted by molar-refractivity contribution is -0.110. The van der Waals surface area contributed by atoms with Crippen molar-refractivity contribution in [2.75, 3.05) is 12.4 Å². The summed E-state index contributed by atoms with van der Waals surface area (Å²) in [5.41, 5.74) is 1.23. The highest BCUT2D eigenvalue weighted by molar-refractivity contribution is 6.33. The summed E-state index contributed by atoms with van der Waals surface area (Å²) in [6.07, 6.45) is 1.02. The Labute approximate surface area is 143 Å². The standard InChI is InChI=1S/C16H14Cl2N2O3/c1-22-15-7-6-12(17)8-14(15)20-16(21)9-19-23-10-11-4-2-3-5-13(11)18/h2-9H,10H2,1H3,(H,20,21)/b19-9-. The van der Waals surface area contributed by atoms with Crippen molar-refractivity contribution in [2.24, 2.45) is 5.16 Å². The van der Waals surface area contributed by atoms with Gasteiger partial charge in [0.2, 0.25) is 0 Å². The predicted octanol–water partition coefficient (Wildman–Crippen LogP) is 4.14. The molecule has 0 radical (unpaired) electrons. The number of halogens is 2. The van der Waals surface area contributed by atoms with Crippen molar-refractivity contribution in [1.29, 1.82) is 0 Å². The Balaban J connectivity index is 1.90. The van der Waals surface area contributed by atoms with E-state index < -0.39 is 5.91 Å². The number of rotatable bonds is 6. The van der Waals surface area contributed by atoms with Crippen molar-refractivity contribution < 1.29 is 14.4 Å². The van der Waals surface area contributed by atoms with Gasteiger partial charge in [0.1, 0.15) is 18.6 Å². The first-order chi connectivity index (χ1) is 11.1. The minimum absolute atomic E-state index is 0.171. The van der Waals surface area contributed by atoms with Gasteiger partial charge in [-0.05, 0) is 24.3 Å². The first kappa shape index (κ1) is 17.1. The van der Waals surface area contributed by atoms with Crippen molar-refractivity contribution in [3.63, 3.8) is 0 Å². The van der Waals surface area contributed by atoms with Gasteiger partial charge in [0.05, 0.1) is 12.8 Å². The molecule has 1 amide bonds. The van der Waals surface area contributed by atoms with Crippen LogP contribution in [0.15, 0.2) is 47.6 Å². The molecule has 2 rings (SSSR count). The predicted molar refractivity (Wildman–Crippen MR) is 91.4 cm³/mol. The summed E-state index contributed by atoms with van der Waals surface area (Å²) < 4.78 is 5.13. The number of benzene rings is 2. The molecule has 0 unspecified atom stereocenters. The minimum atomic E-state index is -0.468. The topological polar surface area (TPSA) is 59.9 Å². The van der Waals surface area contributed by atoms with Crippen LogP contribution < -0.4 is 10.1 Å². The van der Waals surface area contributed by atoms with Gasteiger partial charge in [-0.15, -0.1) is 0 Å². The molecule has 2 aromatic rings. The van der Waals surface area contributed by atoms with Gasteiger partial charge >= 0.3 is 0 Å². The zero-order valence-electron chi connectivity index (χ0n) is 12.3. The van der Waals surface area contributed by atoms with Crippen molar-refractivity contribution in [2.45, 2.75) is 6.61 Å². The van der Waals surface area contributed by atoms with Gasteiger partial charge in [0.15, 0.2) is 0 Å². The van der Waals surface area contributed by atoms with Crippen LogP contribution >= 0.6 is 23.2 Å². The SMILES string of the molecule is COc1ccc(Cl)cc1NC(=O)/C=N\OCc1ccccc1Cl. The summed E-state index contributed by atoms with van der Waals surface area (Å²) in [6.45, 7) is 0.171. The second-order valence-corrected chi connectivity index (χ2v) is 5.28. The van der Waals surface area contributed by atoms with Gasteiger partial charge in [-0.3, -0.25) is 4.79 Å². The van der Waals surface area contributed by atoms with E-state index in [4.69, 9.17) is 32.8 Å². The molecule has 0 bridgehead atoms. The number of amides is 1. The third-order valence-corrected chi connectivity index (χ3v) is 3.45. The molecule has 23 heavy (non-hydrogen) atoms. The Bertz CT molecular complexity index is 720. The van der Waals surface area contributed by atoms with Crippen LogP contribution in [0.25, 0.3) is 0 Å². The molecule has 0 heterocycles. The van der Waals surface area contributed by atoms with Crippen LogP contribution in [0.2, 0.25) is 10.0 Å². The monoisotopic (exact) mass is 352 g/mol. The largest absolute Gasteiger partial charge is 0.495 e. The van der Waals surface area contributed by atoms with Crippen LogP contribution in [0.3, 0.4) is 0 Å². The third-order valence-electron chi connectivity index (χ3n) is 2.84. The summed E-state index contributed by atoms with van der Waals surface area (Å²) in [7, 11) is 1.50. The van der Waals surface area contributed by atoms with Crippen LogP contribution in [0.4, 0.5) is 5.69 Å². The molecule has 0 atom stereocenters. The number of methoxy groups -OCH3 is 1. The molecule has 0 spiro atoms. The highest BCUT2D eigenvalue weighted by atomic mass is 35.5. The number of nitrogens with zero attached hydrogens (tertiary/aromatic N) is 1. The van der Waals surface area contributed by atoms with Crippen molar-refractivity contribution in [1.82, 2.24) is 0 Å². The van der Waals surface area contributed by atoms with Crippen LogP contribution in [0.1, 0.15) is 5.56 Å². The highest BCUT2D eigenvalue weighted by Crippen LogP contribution is 2.27. The number of carbonyl (C=O) groups excluding carboxylic acids is 1. The first-order valence-electron chi connectivity index (χ1n) is 6.63. The average Bonchev–Trinajstić information content (AvgIpc) is 2.53. The number of nitrogens with one attached hydrogen (secondary N) is 1. The van der Waals surface area contributed by atoms with Gasteiger partial charge in [-0.25, -0.2) is 0 Å². The van der Waals surface area contributed by atoms with E-state index in [1.807, 2.05) is 18.2 Å². The quantitative estimate of drug-likeness (QED) is 0.627. The molecule has 5 nitrogen and oxygen atoms in total. The lowest BCUT2D eigenvalue weighted by Gasteiger charge is -2.08. The Morgan fingerprint density at radius 2 is 2.04 bits per heavy atom. The fourth-order valence-corrected chi connectivity index (χ4v) is 2.11. The third kappa shape index (κ3) is 5.16. The van der Waals surface area contributed by atoms with Crippen molar-refractivity contribution in [3.8, 4) is 5.75 Å². The second kappa shape index (κ2) is 8.41. The molecule has 0 aliphatic rings. The van der Waals surface area contributed by atoms with Gasteiger partial charge in [-0.1, -0.05) is 46.6 Å². The molecule has 0 aromatic heterocycles. The molecule has 0 aliphatic carbocycles. The number of hydrogen-bond donors (Lipinski definition) is 1. The molecular formula is C16H14Cl2N2O3. The van der Waals surface area contributed by atoms with E-state index in [0.29, 0.717) is 21.5 Å². The number of carbonyl (C=O) groups is 1. The van der Waals surface area contributed by atoms with Crippen LogP contribution in [-0.2, 0) is 16.2 Å². The summed E-state index contributed by atoms with van der Waals surface area (Å²) >= 11 is 11.9. The molecule has 0 fully saturated rings. The summed E-state index contributed by atoms with van der Waals surface area (Å²) in [6, 6.07) is 12.1. The number of anilines is 1. The lowest BCUT2D eigenvalue weighted by atomic mass is 10.2. The van der Waals surface area contributed by atoms with Crippen LogP contribution in [0, 0.1) is 0 Å². The Morgan fingerprint density at radius 3 is 2.78 bits per heavy atom. The van der Waals surface area contributed by atoms with E-state index in [9.17, 15) is 4.79 Å². The molecule has 0 aliphatic heterocycles. The molecule has 1 N–H and O–H groups in total. The average molecular weight is 353 g/mol. The Hall–Kier alpha value is -2.24. The molecular weight excluding hydrogens is 339 g/mol. The van der Waals surface area contributed by atoms with Gasteiger partial charge in [-0.2, -0.15) is 0 Å². The maximum atomic E-state index is 11.8. The summed E-state index contributed by atoms with van der Waals surface area (Å²) in [5, 5.41) is 7.28. The van der Waals surface area contributed by atoms with Gasteiger partial charge < -0.3 is 14.9 Å². The Morgan fingerprint density at radius 1 is 1.26 bits per heavy atom. The van der Waals surface area contributed by atoms with Crippen molar-refractivity contribution in [3.05, 3.63) is 58.1 Å². The Kier molecular flexibility index (Phi) is 6.26. The number of hydrogen-bond acceptors (Lipinski definition) is 4. The molecule has 0 saturated heterocycles. The van der Waals surface area contributed by atoms with Crippen molar-refractivity contribution >= 4 is 41.0 Å². The minimum Gasteiger partial charge on any atom is -0.495 e.